The van der Waals surface area contributed by atoms with E-state index in [1.165, 1.54) is 0 Å². The van der Waals surface area contributed by atoms with Crippen molar-refractivity contribution in [1.29, 1.82) is 0 Å². The Bertz CT molecular complexity index is 1290. The molecule has 1 spiro atoms. The summed E-state index contributed by atoms with van der Waals surface area (Å²) in [5.74, 6) is -1.85. The highest BCUT2D eigenvalue weighted by Gasteiger charge is 2.76. The number of nitrogens with zero attached hydrogens (tertiary/aromatic N) is 1. The van der Waals surface area contributed by atoms with E-state index >= 15 is 0 Å². The largest absolute Gasteiger partial charge is 0.394 e. The summed E-state index contributed by atoms with van der Waals surface area (Å²) < 4.78 is -0.770. The molecule has 40 heavy (non-hydrogen) atoms. The third kappa shape index (κ3) is 4.88. The summed E-state index contributed by atoms with van der Waals surface area (Å²) in [4.78, 5) is 44.1. The molecule has 3 fully saturated rings. The maximum atomic E-state index is 14.4. The number of amides is 3. The fraction of sp³-hybridized carbons (Fsp3) is 0.516. The van der Waals surface area contributed by atoms with Gasteiger partial charge in [0.2, 0.25) is 17.7 Å². The van der Waals surface area contributed by atoms with Gasteiger partial charge in [-0.2, -0.15) is 0 Å². The van der Waals surface area contributed by atoms with E-state index < -0.39 is 28.7 Å². The summed E-state index contributed by atoms with van der Waals surface area (Å²) in [6.07, 6.45) is 1.34. The van der Waals surface area contributed by atoms with Crippen LogP contribution in [0.1, 0.15) is 43.4 Å². The van der Waals surface area contributed by atoms with Gasteiger partial charge < -0.3 is 20.6 Å². The number of thioether (sulfide) groups is 1. The van der Waals surface area contributed by atoms with Gasteiger partial charge in [0.25, 0.3) is 0 Å². The number of likely N-dealkylation sites (tertiary alicyclic amines) is 1. The zero-order chi connectivity index (χ0) is 28.8. The van der Waals surface area contributed by atoms with Crippen molar-refractivity contribution in [2.45, 2.75) is 74.0 Å². The summed E-state index contributed by atoms with van der Waals surface area (Å²) >= 11 is 5.43. The van der Waals surface area contributed by atoms with Crippen molar-refractivity contribution in [3.8, 4) is 0 Å². The number of rotatable bonds is 9. The highest BCUT2D eigenvalue weighted by molar-refractivity contribution is 9.09. The van der Waals surface area contributed by atoms with Gasteiger partial charge in [-0.3, -0.25) is 14.4 Å². The standard InChI is InChI=1S/C31H38BrN3O4S/c1-5-18(3)23(16-36)35-27(29(38)34-22-13-17(2)11-12-19(22)4)31-14-21(32)26(40-31)24(25(31)30(35)39)28(37)33-15-20-9-7-6-8-10-20/h6-13,18,21,23-27,36H,5,14-16H2,1-4H3,(H,33,37)(H,34,38)/t18-,21?,23-,24-,25-,26-,27?,31?/m0/s1. The highest BCUT2D eigenvalue weighted by atomic mass is 79.9. The molecule has 9 heteroatoms. The Morgan fingerprint density at radius 2 is 1.90 bits per heavy atom. The van der Waals surface area contributed by atoms with Crippen molar-refractivity contribution in [1.82, 2.24) is 10.2 Å². The number of hydrogen-bond donors (Lipinski definition) is 3. The second kappa shape index (κ2) is 11.5. The molecule has 0 saturated carbocycles. The van der Waals surface area contributed by atoms with Crippen LogP contribution in [-0.2, 0) is 20.9 Å². The van der Waals surface area contributed by atoms with Crippen LogP contribution in [0.4, 0.5) is 5.69 Å². The van der Waals surface area contributed by atoms with E-state index in [0.717, 1.165) is 23.1 Å². The Labute approximate surface area is 249 Å². The average molecular weight is 629 g/mol. The minimum absolute atomic E-state index is 0.0128. The van der Waals surface area contributed by atoms with Crippen LogP contribution in [0.5, 0.6) is 0 Å². The summed E-state index contributed by atoms with van der Waals surface area (Å²) in [5.41, 5.74) is 3.66. The molecule has 214 valence electrons. The molecule has 8 atom stereocenters. The second-order valence-electron chi connectivity index (χ2n) is 11.6. The molecule has 3 aliphatic rings. The summed E-state index contributed by atoms with van der Waals surface area (Å²) in [6, 6.07) is 14.3. The first-order valence-electron chi connectivity index (χ1n) is 14.1. The molecule has 3 saturated heterocycles. The lowest BCUT2D eigenvalue weighted by Gasteiger charge is -2.39. The van der Waals surface area contributed by atoms with E-state index in [0.29, 0.717) is 18.7 Å². The molecular formula is C31H38BrN3O4S. The van der Waals surface area contributed by atoms with Gasteiger partial charge in [0, 0.05) is 22.3 Å². The number of carbonyl (C=O) groups is 3. The molecular weight excluding hydrogens is 590 g/mol. The molecule has 2 bridgehead atoms. The molecule has 2 aromatic rings. The van der Waals surface area contributed by atoms with Gasteiger partial charge in [0.1, 0.15) is 6.04 Å². The summed E-state index contributed by atoms with van der Waals surface area (Å²) in [6.45, 7) is 8.08. The van der Waals surface area contributed by atoms with Crippen LogP contribution in [0.15, 0.2) is 48.5 Å². The normalized spacial score (nSPS) is 30.2. The third-order valence-corrected chi connectivity index (χ3v) is 12.3. The van der Waals surface area contributed by atoms with Crippen LogP contribution in [0.2, 0.25) is 0 Å². The number of benzene rings is 2. The number of aryl methyl sites for hydroxylation is 2. The number of alkyl halides is 1. The number of fused-ring (bicyclic) bond motifs is 1. The smallest absolute Gasteiger partial charge is 0.248 e. The zero-order valence-corrected chi connectivity index (χ0v) is 25.8. The van der Waals surface area contributed by atoms with E-state index in [1.807, 2.05) is 76.2 Å². The Hall–Kier alpha value is -2.36. The van der Waals surface area contributed by atoms with Crippen LogP contribution in [0.25, 0.3) is 0 Å². The average Bonchev–Trinajstić information content (AvgIpc) is 3.53. The molecule has 7 nitrogen and oxygen atoms in total. The van der Waals surface area contributed by atoms with Crippen LogP contribution in [0.3, 0.4) is 0 Å². The van der Waals surface area contributed by atoms with Gasteiger partial charge in [-0.15, -0.1) is 11.8 Å². The molecule has 5 rings (SSSR count). The molecule has 3 unspecified atom stereocenters. The first-order valence-corrected chi connectivity index (χ1v) is 15.9. The second-order valence-corrected chi connectivity index (χ2v) is 14.3. The predicted octanol–water partition coefficient (Wildman–Crippen LogP) is 4.43. The Kier molecular flexibility index (Phi) is 8.37. The van der Waals surface area contributed by atoms with E-state index in [1.54, 1.807) is 16.7 Å². The van der Waals surface area contributed by atoms with E-state index in [2.05, 4.69) is 26.6 Å². The lowest BCUT2D eigenvalue weighted by atomic mass is 9.70. The SMILES string of the molecule is CC[C@H](C)[C@H](CO)N1C(=O)[C@@H]2[C@H](C(=O)NCc3ccccc3)[C@H]3SC2(CC3Br)C1C(=O)Nc1cc(C)ccc1C. The van der Waals surface area contributed by atoms with Crippen molar-refractivity contribution in [2.24, 2.45) is 17.8 Å². The Morgan fingerprint density at radius 3 is 2.58 bits per heavy atom. The summed E-state index contributed by atoms with van der Waals surface area (Å²) in [7, 11) is 0. The van der Waals surface area contributed by atoms with Gasteiger partial charge in [-0.25, -0.2) is 0 Å². The highest BCUT2D eigenvalue weighted by Crippen LogP contribution is 2.68. The molecule has 2 aromatic carbocycles. The lowest BCUT2D eigenvalue weighted by molar-refractivity contribution is -0.143. The van der Waals surface area contributed by atoms with E-state index in [4.69, 9.17) is 0 Å². The zero-order valence-electron chi connectivity index (χ0n) is 23.4. The van der Waals surface area contributed by atoms with Crippen LogP contribution in [-0.4, -0.2) is 61.2 Å². The molecule has 3 N–H and O–H groups in total. The Balaban J connectivity index is 1.52. The molecule has 3 heterocycles. The van der Waals surface area contributed by atoms with Gasteiger partial charge in [-0.1, -0.05) is 78.7 Å². The minimum atomic E-state index is -0.807. The van der Waals surface area contributed by atoms with E-state index in [9.17, 15) is 19.5 Å². The van der Waals surface area contributed by atoms with Crippen LogP contribution in [0, 0.1) is 31.6 Å². The number of carbonyl (C=O) groups excluding carboxylic acids is 3. The quantitative estimate of drug-likeness (QED) is 0.357. The number of halogens is 1. The molecule has 0 aliphatic carbocycles. The predicted molar refractivity (Wildman–Crippen MR) is 162 cm³/mol. The molecule has 3 amide bonds. The lowest BCUT2D eigenvalue weighted by Crippen LogP contribution is -2.56. The van der Waals surface area contributed by atoms with Crippen LogP contribution >= 0.6 is 27.7 Å². The number of nitrogens with one attached hydrogen (secondary N) is 2. The van der Waals surface area contributed by atoms with Gasteiger partial charge in [-0.05, 0) is 48.9 Å². The fourth-order valence-corrected chi connectivity index (χ4v) is 10.4. The number of hydrogen-bond acceptors (Lipinski definition) is 5. The number of aliphatic hydroxyl groups is 1. The number of anilines is 1. The topological polar surface area (TPSA) is 98.7 Å². The molecule has 0 radical (unpaired) electrons. The monoisotopic (exact) mass is 627 g/mol. The van der Waals surface area contributed by atoms with Crippen molar-refractivity contribution in [3.05, 3.63) is 65.2 Å². The van der Waals surface area contributed by atoms with Crippen molar-refractivity contribution >= 4 is 51.1 Å². The first-order chi connectivity index (χ1) is 19.1. The fourth-order valence-electron chi connectivity index (χ4n) is 6.81. The number of aliphatic hydroxyl groups excluding tert-OH is 1. The van der Waals surface area contributed by atoms with Gasteiger partial charge in [0.05, 0.1) is 29.2 Å². The van der Waals surface area contributed by atoms with Crippen molar-refractivity contribution in [3.63, 3.8) is 0 Å². The van der Waals surface area contributed by atoms with Crippen LogP contribution < -0.4 is 10.6 Å². The van der Waals surface area contributed by atoms with Gasteiger partial charge in [0.15, 0.2) is 0 Å². The Morgan fingerprint density at radius 1 is 1.18 bits per heavy atom. The minimum Gasteiger partial charge on any atom is -0.394 e. The maximum Gasteiger partial charge on any atom is 0.248 e. The maximum absolute atomic E-state index is 14.4. The third-order valence-electron chi connectivity index (χ3n) is 9.08. The van der Waals surface area contributed by atoms with E-state index in [-0.39, 0.29) is 40.3 Å². The van der Waals surface area contributed by atoms with Gasteiger partial charge >= 0.3 is 0 Å². The molecule has 3 aliphatic heterocycles. The molecule has 0 aromatic heterocycles. The van der Waals surface area contributed by atoms with Crippen molar-refractivity contribution < 1.29 is 19.5 Å². The summed E-state index contributed by atoms with van der Waals surface area (Å²) in [5, 5.41) is 16.6. The van der Waals surface area contributed by atoms with Crippen molar-refractivity contribution in [2.75, 3.05) is 11.9 Å². The first kappa shape index (κ1) is 29.1.